The molecular formula is C14H28N2. The summed E-state index contributed by atoms with van der Waals surface area (Å²) in [5.41, 5.74) is 6.14. The van der Waals surface area contributed by atoms with Gasteiger partial charge in [-0.2, -0.15) is 0 Å². The standard InChI is InChI=1S/C14H28N2/c1-10-6-13(15)9-16(8-10)14-5-4-11(2)12(3)7-14/h10-14H,4-9,15H2,1-3H3. The molecule has 5 atom stereocenters. The van der Waals surface area contributed by atoms with E-state index in [1.165, 1.54) is 32.2 Å². The molecule has 0 spiro atoms. The Hall–Kier alpha value is -0.0800. The van der Waals surface area contributed by atoms with Gasteiger partial charge in [0.25, 0.3) is 0 Å². The van der Waals surface area contributed by atoms with Crippen LogP contribution in [-0.4, -0.2) is 30.1 Å². The Balaban J connectivity index is 1.92. The summed E-state index contributed by atoms with van der Waals surface area (Å²) in [4.78, 5) is 2.68. The summed E-state index contributed by atoms with van der Waals surface area (Å²) in [6, 6.07) is 1.23. The van der Waals surface area contributed by atoms with Gasteiger partial charge in [-0.05, 0) is 43.4 Å². The Morgan fingerprint density at radius 3 is 2.31 bits per heavy atom. The molecule has 2 rings (SSSR count). The molecule has 1 saturated heterocycles. The molecule has 16 heavy (non-hydrogen) atoms. The maximum absolute atomic E-state index is 6.14. The first-order valence-electron chi connectivity index (χ1n) is 7.06. The highest BCUT2D eigenvalue weighted by molar-refractivity contribution is 4.87. The van der Waals surface area contributed by atoms with Gasteiger partial charge in [0.05, 0.1) is 0 Å². The molecule has 2 nitrogen and oxygen atoms in total. The SMILES string of the molecule is CC1CC(N)CN(C2CCC(C)C(C)C2)C1. The molecule has 1 heterocycles. The van der Waals surface area contributed by atoms with Crippen molar-refractivity contribution in [1.29, 1.82) is 0 Å². The van der Waals surface area contributed by atoms with E-state index < -0.39 is 0 Å². The first-order valence-corrected chi connectivity index (χ1v) is 7.06. The second-order valence-corrected chi connectivity index (χ2v) is 6.48. The highest BCUT2D eigenvalue weighted by Crippen LogP contribution is 2.33. The van der Waals surface area contributed by atoms with E-state index in [0.29, 0.717) is 6.04 Å². The van der Waals surface area contributed by atoms with Crippen molar-refractivity contribution >= 4 is 0 Å². The molecule has 5 unspecified atom stereocenters. The van der Waals surface area contributed by atoms with Gasteiger partial charge in [0.15, 0.2) is 0 Å². The number of piperidine rings is 1. The lowest BCUT2D eigenvalue weighted by Crippen LogP contribution is -2.52. The summed E-state index contributed by atoms with van der Waals surface area (Å²) >= 11 is 0. The average molecular weight is 224 g/mol. The molecule has 94 valence electrons. The molecule has 2 heteroatoms. The van der Waals surface area contributed by atoms with Crippen LogP contribution in [0.25, 0.3) is 0 Å². The Kier molecular flexibility index (Phi) is 3.91. The fourth-order valence-electron chi connectivity index (χ4n) is 3.59. The Labute approximate surface area is 101 Å². The minimum absolute atomic E-state index is 0.415. The summed E-state index contributed by atoms with van der Waals surface area (Å²) in [7, 11) is 0. The quantitative estimate of drug-likeness (QED) is 0.741. The van der Waals surface area contributed by atoms with Gasteiger partial charge < -0.3 is 5.73 Å². The zero-order valence-electron chi connectivity index (χ0n) is 11.2. The molecule has 0 radical (unpaired) electrons. The van der Waals surface area contributed by atoms with Crippen molar-refractivity contribution in [3.8, 4) is 0 Å². The highest BCUT2D eigenvalue weighted by atomic mass is 15.2. The van der Waals surface area contributed by atoms with Crippen molar-refractivity contribution in [3.63, 3.8) is 0 Å². The van der Waals surface area contributed by atoms with Crippen molar-refractivity contribution in [2.75, 3.05) is 13.1 Å². The lowest BCUT2D eigenvalue weighted by atomic mass is 9.78. The first-order chi connectivity index (χ1) is 7.56. The third kappa shape index (κ3) is 2.78. The fourth-order valence-corrected chi connectivity index (χ4v) is 3.59. The number of likely N-dealkylation sites (tertiary alicyclic amines) is 1. The molecule has 1 aliphatic heterocycles. The van der Waals surface area contributed by atoms with Crippen molar-refractivity contribution < 1.29 is 0 Å². The largest absolute Gasteiger partial charge is 0.327 e. The molecule has 0 aromatic heterocycles. The molecule has 0 amide bonds. The summed E-state index contributed by atoms with van der Waals surface area (Å²) < 4.78 is 0. The van der Waals surface area contributed by atoms with E-state index in [9.17, 15) is 0 Å². The zero-order chi connectivity index (χ0) is 11.7. The van der Waals surface area contributed by atoms with Gasteiger partial charge in [-0.15, -0.1) is 0 Å². The van der Waals surface area contributed by atoms with Crippen LogP contribution < -0.4 is 5.73 Å². The molecule has 0 bridgehead atoms. The Bertz CT molecular complexity index is 219. The fraction of sp³-hybridized carbons (Fsp3) is 1.00. The maximum Gasteiger partial charge on any atom is 0.0170 e. The second-order valence-electron chi connectivity index (χ2n) is 6.48. The van der Waals surface area contributed by atoms with Crippen LogP contribution in [-0.2, 0) is 0 Å². The number of rotatable bonds is 1. The van der Waals surface area contributed by atoms with Crippen molar-refractivity contribution in [3.05, 3.63) is 0 Å². The van der Waals surface area contributed by atoms with Gasteiger partial charge in [0.1, 0.15) is 0 Å². The van der Waals surface area contributed by atoms with Gasteiger partial charge >= 0.3 is 0 Å². The predicted molar refractivity (Wildman–Crippen MR) is 69.3 cm³/mol. The predicted octanol–water partition coefficient (Wildman–Crippen LogP) is 2.48. The van der Waals surface area contributed by atoms with Crippen LogP contribution in [0.1, 0.15) is 46.5 Å². The first kappa shape index (κ1) is 12.4. The van der Waals surface area contributed by atoms with Crippen LogP contribution in [0, 0.1) is 17.8 Å². The van der Waals surface area contributed by atoms with Crippen LogP contribution >= 0.6 is 0 Å². The summed E-state index contributed by atoms with van der Waals surface area (Å²) in [5, 5.41) is 0. The molecular weight excluding hydrogens is 196 g/mol. The van der Waals surface area contributed by atoms with Crippen LogP contribution in [0.5, 0.6) is 0 Å². The minimum Gasteiger partial charge on any atom is -0.327 e. The number of nitrogens with zero attached hydrogens (tertiary/aromatic N) is 1. The number of hydrogen-bond donors (Lipinski definition) is 1. The average Bonchev–Trinajstić information content (AvgIpc) is 2.20. The number of nitrogens with two attached hydrogens (primary N) is 1. The maximum atomic E-state index is 6.14. The second kappa shape index (κ2) is 5.05. The zero-order valence-corrected chi connectivity index (χ0v) is 11.2. The van der Waals surface area contributed by atoms with E-state index in [2.05, 4.69) is 25.7 Å². The highest BCUT2D eigenvalue weighted by Gasteiger charge is 2.32. The smallest absolute Gasteiger partial charge is 0.0170 e. The Morgan fingerprint density at radius 2 is 1.69 bits per heavy atom. The van der Waals surface area contributed by atoms with E-state index in [1.807, 2.05) is 0 Å². The lowest BCUT2D eigenvalue weighted by molar-refractivity contribution is 0.0651. The van der Waals surface area contributed by atoms with Gasteiger partial charge in [0, 0.05) is 25.2 Å². The third-order valence-corrected chi connectivity index (χ3v) is 4.81. The Morgan fingerprint density at radius 1 is 0.938 bits per heavy atom. The van der Waals surface area contributed by atoms with Crippen LogP contribution in [0.4, 0.5) is 0 Å². The van der Waals surface area contributed by atoms with Crippen molar-refractivity contribution in [1.82, 2.24) is 4.90 Å². The minimum atomic E-state index is 0.415. The molecule has 2 aliphatic rings. The lowest BCUT2D eigenvalue weighted by Gasteiger charge is -2.44. The van der Waals surface area contributed by atoms with Gasteiger partial charge in [0.2, 0.25) is 0 Å². The summed E-state index contributed by atoms with van der Waals surface area (Å²) in [5.74, 6) is 2.61. The van der Waals surface area contributed by atoms with Crippen LogP contribution in [0.2, 0.25) is 0 Å². The third-order valence-electron chi connectivity index (χ3n) is 4.81. The van der Waals surface area contributed by atoms with Crippen LogP contribution in [0.3, 0.4) is 0 Å². The molecule has 1 saturated carbocycles. The van der Waals surface area contributed by atoms with Gasteiger partial charge in [-0.25, -0.2) is 0 Å². The van der Waals surface area contributed by atoms with Gasteiger partial charge in [-0.3, -0.25) is 4.90 Å². The van der Waals surface area contributed by atoms with E-state index in [0.717, 1.165) is 30.3 Å². The van der Waals surface area contributed by atoms with Crippen LogP contribution in [0.15, 0.2) is 0 Å². The molecule has 0 aromatic rings. The van der Waals surface area contributed by atoms with Crippen molar-refractivity contribution in [2.24, 2.45) is 23.5 Å². The molecule has 2 N–H and O–H groups in total. The van der Waals surface area contributed by atoms with E-state index >= 15 is 0 Å². The molecule has 1 aliphatic carbocycles. The molecule has 0 aromatic carbocycles. The number of hydrogen-bond acceptors (Lipinski definition) is 2. The summed E-state index contributed by atoms with van der Waals surface area (Å²) in [6.07, 6.45) is 5.41. The normalized spacial score (nSPS) is 46.9. The monoisotopic (exact) mass is 224 g/mol. The van der Waals surface area contributed by atoms with Gasteiger partial charge in [-0.1, -0.05) is 20.8 Å². The van der Waals surface area contributed by atoms with E-state index in [4.69, 9.17) is 5.73 Å². The summed E-state index contributed by atoms with van der Waals surface area (Å²) in [6.45, 7) is 9.59. The topological polar surface area (TPSA) is 29.3 Å². The van der Waals surface area contributed by atoms with E-state index in [1.54, 1.807) is 0 Å². The van der Waals surface area contributed by atoms with Crippen molar-refractivity contribution in [2.45, 2.75) is 58.5 Å². The molecule has 2 fully saturated rings. The van der Waals surface area contributed by atoms with E-state index in [-0.39, 0.29) is 0 Å².